The summed E-state index contributed by atoms with van der Waals surface area (Å²) in [5.41, 5.74) is 7.29. The molecular formula is C40H23N7Na4O13S4. The van der Waals surface area contributed by atoms with Crippen molar-refractivity contribution in [2.75, 3.05) is 5.73 Å². The smallest absolute Gasteiger partial charge is 0.744 e. The van der Waals surface area contributed by atoms with Gasteiger partial charge in [0.15, 0.2) is 5.75 Å². The molecule has 8 aromatic rings. The van der Waals surface area contributed by atoms with Crippen molar-refractivity contribution in [2.45, 2.75) is 19.6 Å². The Balaban J connectivity index is 0.00000252. The Bertz CT molecular complexity index is 3510. The molecule has 0 aliphatic carbocycles. The van der Waals surface area contributed by atoms with Gasteiger partial charge in [-0.25, -0.2) is 16.8 Å². The fourth-order valence-electron chi connectivity index (χ4n) is 6.68. The van der Waals surface area contributed by atoms with Gasteiger partial charge in [0.25, 0.3) is 0 Å². The number of hydrogen-bond donors (Lipinski definition) is 2. The normalized spacial score (nSPS) is 11.9. The van der Waals surface area contributed by atoms with Gasteiger partial charge in [-0.15, -0.1) is 25.6 Å². The average Bonchev–Trinajstić information content (AvgIpc) is 3.27. The Kier molecular flexibility index (Phi) is 21.5. The molecule has 0 aliphatic rings. The number of nitrogens with zero attached hydrogens (tertiary/aromatic N) is 6. The van der Waals surface area contributed by atoms with Crippen LogP contribution in [-0.4, -0.2) is 31.0 Å². The van der Waals surface area contributed by atoms with E-state index in [4.69, 9.17) is 5.73 Å². The molecule has 68 heavy (non-hydrogen) atoms. The molecule has 0 heterocycles. The first-order valence-electron chi connectivity index (χ1n) is 17.9. The summed E-state index contributed by atoms with van der Waals surface area (Å²) in [6.45, 7) is 0. The average molecular weight is 1030 g/mol. The van der Waals surface area contributed by atoms with E-state index < -0.39 is 30.0 Å². The van der Waals surface area contributed by atoms with Gasteiger partial charge < -0.3 is 30.5 Å². The van der Waals surface area contributed by atoms with E-state index in [2.05, 4.69) is 49.4 Å². The topological polar surface area (TPSA) is 318 Å². The molecule has 0 amide bonds. The zero-order valence-electron chi connectivity index (χ0n) is 35.8. The monoisotopic (exact) mass is 1030 g/mol. The van der Waals surface area contributed by atoms with Crippen LogP contribution in [0.1, 0.15) is 0 Å². The molecule has 0 atom stereocenters. The molecule has 20 nitrogen and oxygen atoms in total. The minimum atomic E-state index is -4.94. The van der Waals surface area contributed by atoms with Crippen LogP contribution in [0.15, 0.2) is 172 Å². The van der Waals surface area contributed by atoms with Crippen molar-refractivity contribution in [1.82, 2.24) is 0 Å². The number of phenolic OH excluding ortho intramolecular Hbond substituents is 1. The fourth-order valence-corrected chi connectivity index (χ4v) is 8.89. The molecule has 0 aromatic heterocycles. The van der Waals surface area contributed by atoms with E-state index in [1.807, 2.05) is 0 Å². The van der Waals surface area contributed by atoms with Crippen molar-refractivity contribution in [3.05, 3.63) is 121 Å². The third-order valence-electron chi connectivity index (χ3n) is 9.46. The first kappa shape index (κ1) is 58.1. The van der Waals surface area contributed by atoms with Gasteiger partial charge in [0, 0.05) is 42.9 Å². The Morgan fingerprint density at radius 1 is 0.500 bits per heavy atom. The van der Waals surface area contributed by atoms with E-state index in [0.717, 1.165) is 18.2 Å². The van der Waals surface area contributed by atoms with Crippen molar-refractivity contribution in [3.8, 4) is 5.75 Å². The molecule has 0 saturated heterocycles. The fraction of sp³-hybridized carbons (Fsp3) is 0. The molecule has 3 N–H and O–H groups in total. The van der Waals surface area contributed by atoms with E-state index in [9.17, 15) is 41.6 Å². The number of azo groups is 3. The third-order valence-corrected chi connectivity index (χ3v) is 12.4. The summed E-state index contributed by atoms with van der Waals surface area (Å²) in [5.74, 6) is -0.345. The van der Waals surface area contributed by atoms with Crippen molar-refractivity contribution < 1.29 is 179 Å². The Labute approximate surface area is 482 Å². The number of benzene rings is 8. The van der Waals surface area contributed by atoms with Gasteiger partial charge in [-0.1, -0.05) is 42.5 Å². The minimum Gasteiger partial charge on any atom is -0.744 e. The number of nitrogens with two attached hydrogens (primary N) is 1. The van der Waals surface area contributed by atoms with Crippen molar-refractivity contribution in [3.63, 3.8) is 0 Å². The second-order valence-corrected chi connectivity index (χ2v) is 17.5. The van der Waals surface area contributed by atoms with E-state index in [-0.39, 0.29) is 173 Å². The molecule has 324 valence electrons. The van der Waals surface area contributed by atoms with Gasteiger partial charge in [0.1, 0.15) is 25.9 Å². The Morgan fingerprint density at radius 2 is 1.03 bits per heavy atom. The molecule has 28 heteroatoms. The van der Waals surface area contributed by atoms with Crippen molar-refractivity contribution in [2.24, 2.45) is 30.7 Å². The van der Waals surface area contributed by atoms with Crippen LogP contribution in [0.2, 0.25) is 0 Å². The number of nitrogen functional groups attached to an aromatic ring is 1. The number of phenols is 1. The number of aromatic hydroxyl groups is 1. The molecule has 0 fully saturated rings. The Morgan fingerprint density at radius 3 is 1.62 bits per heavy atom. The number of rotatable bonds is 14. The zero-order valence-corrected chi connectivity index (χ0v) is 47.1. The molecule has 0 spiro atoms. The summed E-state index contributed by atoms with van der Waals surface area (Å²) in [4.78, 5) is -0.761. The maximum Gasteiger partial charge on any atom is 1.00 e. The van der Waals surface area contributed by atoms with Gasteiger partial charge in [0.05, 0.1) is 67.2 Å². The molecule has 0 saturated carbocycles. The predicted molar refractivity (Wildman–Crippen MR) is 226 cm³/mol. The van der Waals surface area contributed by atoms with Gasteiger partial charge in [-0.2, -0.15) is 13.8 Å². The van der Waals surface area contributed by atoms with Crippen LogP contribution in [0.5, 0.6) is 5.75 Å². The maximum atomic E-state index is 12.1. The molecule has 8 aromatic carbocycles. The largest absolute Gasteiger partial charge is 1.00 e. The van der Waals surface area contributed by atoms with Crippen LogP contribution < -0.4 is 134 Å². The van der Waals surface area contributed by atoms with Gasteiger partial charge in [0.2, 0.25) is 0 Å². The van der Waals surface area contributed by atoms with Gasteiger partial charge >= 0.3 is 118 Å². The van der Waals surface area contributed by atoms with Crippen LogP contribution >= 0.6 is 24.1 Å². The van der Waals surface area contributed by atoms with Gasteiger partial charge in [-0.3, -0.25) is 10.1 Å². The van der Waals surface area contributed by atoms with E-state index >= 15 is 0 Å². The van der Waals surface area contributed by atoms with Crippen molar-refractivity contribution >= 4 is 127 Å². The van der Waals surface area contributed by atoms with E-state index in [1.54, 1.807) is 54.6 Å². The van der Waals surface area contributed by atoms with Crippen LogP contribution in [0, 0.1) is 0 Å². The number of anilines is 1. The van der Waals surface area contributed by atoms with Crippen LogP contribution in [0.3, 0.4) is 0 Å². The molecule has 0 unspecified atom stereocenters. The van der Waals surface area contributed by atoms with Crippen LogP contribution in [-0.2, 0) is 39.0 Å². The first-order chi connectivity index (χ1) is 30.7. The molecule has 0 bridgehead atoms. The summed E-state index contributed by atoms with van der Waals surface area (Å²) in [6, 6.07) is 29.8. The predicted octanol–water partition coefficient (Wildman–Crippen LogP) is -2.88. The quantitative estimate of drug-likeness (QED) is 0.0210. The van der Waals surface area contributed by atoms with E-state index in [1.165, 1.54) is 48.5 Å². The standard InChI is InChI=1S/C40H27N7O13S4.4Na/c41-22-8-10-25-21(16-22)17-37(62-60-58-50)39(40(25)48)47-46-35-15-14-34(28-11-9-24(20-30(28)35)63(51,52)53)45-44-33-13-12-32(26-4-1-2-5-27(26)33)43-42-23-18-31-29(36(19-23)61-59-57-49)6-3-7-38(31)64(54,55)56;;;;/h1-20,48-50H,41H2,(H,51,52,53)(H,54,55,56);;;;/q;4*+1/p-4. The SMILES string of the molecule is Nc1ccc2c(O)c(N=Nc3ccc(N=Nc4ccc(N=Nc5cc(SOO[O-])c6cccc(S(=O)(=O)[O-])c6c5)c5ccccc45)c4ccc(S(=O)(=O)[O-])cc34)c(SOO[O-])cc2c1.[Na+].[Na+].[Na+].[Na+]. The first-order valence-corrected chi connectivity index (χ1v) is 22.2. The second-order valence-electron chi connectivity index (χ2n) is 13.3. The van der Waals surface area contributed by atoms with E-state index in [0.29, 0.717) is 68.1 Å². The summed E-state index contributed by atoms with van der Waals surface area (Å²) in [7, 11) is -9.85. The zero-order chi connectivity index (χ0) is 45.2. The summed E-state index contributed by atoms with van der Waals surface area (Å²) >= 11 is 0.932. The van der Waals surface area contributed by atoms with Gasteiger partial charge in [-0.05, 0) is 89.6 Å². The molecule has 0 radical (unpaired) electrons. The molecule has 8 rings (SSSR count). The second kappa shape index (κ2) is 25.2. The summed E-state index contributed by atoms with van der Waals surface area (Å²) < 4.78 is 81.5. The maximum absolute atomic E-state index is 12.1. The number of fused-ring (bicyclic) bond motifs is 4. The van der Waals surface area contributed by atoms with Crippen LogP contribution in [0.4, 0.5) is 39.8 Å². The van der Waals surface area contributed by atoms with Crippen LogP contribution in [0.25, 0.3) is 43.1 Å². The minimum absolute atomic E-state index is 0. The summed E-state index contributed by atoms with van der Waals surface area (Å²) in [5, 5.41) is 68.2. The molecular weight excluding hydrogens is 1010 g/mol. The number of hydrogen-bond acceptors (Lipinski definition) is 22. The van der Waals surface area contributed by atoms with Crippen molar-refractivity contribution in [1.29, 1.82) is 0 Å². The summed E-state index contributed by atoms with van der Waals surface area (Å²) in [6.07, 6.45) is 0. The Hall–Kier alpha value is -2.52. The third kappa shape index (κ3) is 13.1. The molecule has 0 aliphatic heterocycles.